The van der Waals surface area contributed by atoms with Crippen LogP contribution in [0, 0.1) is 11.3 Å². The molecule has 14 heavy (non-hydrogen) atoms. The molecule has 0 unspecified atom stereocenters. The van der Waals surface area contributed by atoms with Crippen LogP contribution in [0.15, 0.2) is 0 Å². The zero-order chi connectivity index (χ0) is 10.4. The Bertz CT molecular complexity index is 143. The minimum absolute atomic E-state index is 0.652. The first-order valence-electron chi connectivity index (χ1n) is 6.49. The Morgan fingerprint density at radius 3 is 2.07 bits per heavy atom. The van der Waals surface area contributed by atoms with Crippen LogP contribution in [0.2, 0.25) is 0 Å². The average Bonchev–Trinajstić information content (AvgIpc) is 2.67. The molecule has 0 saturated heterocycles. The van der Waals surface area contributed by atoms with Gasteiger partial charge in [0.1, 0.15) is 0 Å². The van der Waals surface area contributed by atoms with Crippen molar-refractivity contribution in [1.29, 1.82) is 0 Å². The Hall–Kier alpha value is -0.0400. The maximum atomic E-state index is 3.58. The Morgan fingerprint density at radius 1 is 1.07 bits per heavy atom. The average molecular weight is 197 g/mol. The fourth-order valence-electron chi connectivity index (χ4n) is 3.34. The molecule has 0 radical (unpaired) electrons. The lowest BCUT2D eigenvalue weighted by atomic mass is 9.71. The van der Waals surface area contributed by atoms with Crippen LogP contribution in [0.1, 0.15) is 59.3 Å². The molecule has 0 aliphatic heterocycles. The van der Waals surface area contributed by atoms with E-state index in [-0.39, 0.29) is 0 Å². The van der Waals surface area contributed by atoms with Gasteiger partial charge in [-0.3, -0.25) is 0 Å². The van der Waals surface area contributed by atoms with E-state index in [9.17, 15) is 0 Å². The molecule has 1 rings (SSSR count). The molecule has 1 N–H and O–H groups in total. The standard InChI is InChI=1S/C13H27N/c1-4-12(5-2)13(11-14-6-3)9-7-8-10-13/h12,14H,4-11H2,1-3H3. The second kappa shape index (κ2) is 5.75. The van der Waals surface area contributed by atoms with Crippen molar-refractivity contribution in [2.75, 3.05) is 13.1 Å². The molecular weight excluding hydrogens is 170 g/mol. The highest BCUT2D eigenvalue weighted by molar-refractivity contribution is 4.91. The van der Waals surface area contributed by atoms with E-state index in [2.05, 4.69) is 26.1 Å². The van der Waals surface area contributed by atoms with E-state index in [1.54, 1.807) is 0 Å². The molecule has 0 aromatic carbocycles. The normalized spacial score (nSPS) is 20.6. The zero-order valence-electron chi connectivity index (χ0n) is 10.2. The maximum absolute atomic E-state index is 3.58. The Kier molecular flexibility index (Phi) is 4.94. The summed E-state index contributed by atoms with van der Waals surface area (Å²) in [6.45, 7) is 9.33. The first-order chi connectivity index (χ1) is 6.79. The Morgan fingerprint density at radius 2 is 1.64 bits per heavy atom. The van der Waals surface area contributed by atoms with Gasteiger partial charge in [0, 0.05) is 6.54 Å². The molecule has 0 aromatic rings. The van der Waals surface area contributed by atoms with Crippen molar-refractivity contribution in [3.8, 4) is 0 Å². The van der Waals surface area contributed by atoms with Gasteiger partial charge in [0.2, 0.25) is 0 Å². The first-order valence-corrected chi connectivity index (χ1v) is 6.49. The molecule has 0 amide bonds. The molecule has 1 saturated carbocycles. The monoisotopic (exact) mass is 197 g/mol. The summed E-state index contributed by atoms with van der Waals surface area (Å²) >= 11 is 0. The molecule has 1 aliphatic rings. The lowest BCUT2D eigenvalue weighted by Crippen LogP contribution is -2.38. The van der Waals surface area contributed by atoms with Crippen LogP contribution in [0.25, 0.3) is 0 Å². The third-order valence-corrected chi connectivity index (χ3v) is 4.18. The summed E-state index contributed by atoms with van der Waals surface area (Å²) in [5.41, 5.74) is 0.652. The van der Waals surface area contributed by atoms with Crippen molar-refractivity contribution in [2.24, 2.45) is 11.3 Å². The van der Waals surface area contributed by atoms with Crippen LogP contribution in [0.3, 0.4) is 0 Å². The highest BCUT2D eigenvalue weighted by Gasteiger charge is 2.38. The van der Waals surface area contributed by atoms with Gasteiger partial charge in [-0.05, 0) is 30.7 Å². The molecule has 0 aromatic heterocycles. The highest BCUT2D eigenvalue weighted by Crippen LogP contribution is 2.46. The van der Waals surface area contributed by atoms with Crippen molar-refractivity contribution >= 4 is 0 Å². The van der Waals surface area contributed by atoms with Crippen LogP contribution in [0.5, 0.6) is 0 Å². The van der Waals surface area contributed by atoms with Crippen molar-refractivity contribution in [3.63, 3.8) is 0 Å². The van der Waals surface area contributed by atoms with Crippen LogP contribution >= 0.6 is 0 Å². The minimum atomic E-state index is 0.652. The minimum Gasteiger partial charge on any atom is -0.316 e. The van der Waals surface area contributed by atoms with E-state index < -0.39 is 0 Å². The maximum Gasteiger partial charge on any atom is 0.00103 e. The van der Waals surface area contributed by atoms with Crippen molar-refractivity contribution in [1.82, 2.24) is 5.32 Å². The summed E-state index contributed by atoms with van der Waals surface area (Å²) in [6, 6.07) is 0. The molecule has 1 fully saturated rings. The smallest absolute Gasteiger partial charge is 0.00103 e. The van der Waals surface area contributed by atoms with Crippen LogP contribution in [0.4, 0.5) is 0 Å². The predicted molar refractivity (Wildman–Crippen MR) is 63.5 cm³/mol. The summed E-state index contributed by atoms with van der Waals surface area (Å²) in [7, 11) is 0. The van der Waals surface area contributed by atoms with E-state index in [0.29, 0.717) is 5.41 Å². The number of rotatable bonds is 6. The van der Waals surface area contributed by atoms with Gasteiger partial charge in [-0.15, -0.1) is 0 Å². The third kappa shape index (κ3) is 2.50. The summed E-state index contributed by atoms with van der Waals surface area (Å²) < 4.78 is 0. The Balaban J connectivity index is 2.59. The second-order valence-corrected chi connectivity index (χ2v) is 4.86. The summed E-state index contributed by atoms with van der Waals surface area (Å²) in [5.74, 6) is 0.948. The molecular formula is C13H27N. The topological polar surface area (TPSA) is 12.0 Å². The van der Waals surface area contributed by atoms with Gasteiger partial charge >= 0.3 is 0 Å². The molecule has 1 nitrogen and oxygen atoms in total. The molecule has 84 valence electrons. The van der Waals surface area contributed by atoms with E-state index in [1.165, 1.54) is 45.1 Å². The number of hydrogen-bond acceptors (Lipinski definition) is 1. The van der Waals surface area contributed by atoms with Crippen LogP contribution < -0.4 is 5.32 Å². The first kappa shape index (κ1) is 12.0. The number of nitrogens with one attached hydrogen (secondary N) is 1. The SMILES string of the molecule is CCNCC1(C(CC)CC)CCCC1. The van der Waals surface area contributed by atoms with Crippen LogP contribution in [-0.2, 0) is 0 Å². The van der Waals surface area contributed by atoms with Crippen molar-refractivity contribution in [2.45, 2.75) is 59.3 Å². The third-order valence-electron chi connectivity index (χ3n) is 4.18. The van der Waals surface area contributed by atoms with E-state index in [4.69, 9.17) is 0 Å². The molecule has 0 atom stereocenters. The number of hydrogen-bond donors (Lipinski definition) is 1. The molecule has 0 bridgehead atoms. The van der Waals surface area contributed by atoms with Crippen molar-refractivity contribution < 1.29 is 0 Å². The van der Waals surface area contributed by atoms with Crippen molar-refractivity contribution in [3.05, 3.63) is 0 Å². The molecule has 1 aliphatic carbocycles. The van der Waals surface area contributed by atoms with Crippen LogP contribution in [-0.4, -0.2) is 13.1 Å². The van der Waals surface area contributed by atoms with E-state index in [0.717, 1.165) is 12.5 Å². The fourth-order valence-corrected chi connectivity index (χ4v) is 3.34. The predicted octanol–water partition coefficient (Wildman–Crippen LogP) is 3.59. The molecule has 0 heterocycles. The van der Waals surface area contributed by atoms with Gasteiger partial charge in [0.15, 0.2) is 0 Å². The van der Waals surface area contributed by atoms with Gasteiger partial charge in [-0.1, -0.05) is 46.5 Å². The largest absolute Gasteiger partial charge is 0.316 e. The van der Waals surface area contributed by atoms with E-state index >= 15 is 0 Å². The summed E-state index contributed by atoms with van der Waals surface area (Å²) in [5, 5.41) is 3.58. The molecule has 1 heteroatoms. The summed E-state index contributed by atoms with van der Waals surface area (Å²) in [6.07, 6.45) is 8.58. The van der Waals surface area contributed by atoms with Gasteiger partial charge in [-0.2, -0.15) is 0 Å². The fraction of sp³-hybridized carbons (Fsp3) is 1.00. The Labute approximate surface area is 89.7 Å². The summed E-state index contributed by atoms with van der Waals surface area (Å²) in [4.78, 5) is 0. The highest BCUT2D eigenvalue weighted by atomic mass is 14.9. The molecule has 0 spiro atoms. The van der Waals surface area contributed by atoms with E-state index in [1.807, 2.05) is 0 Å². The quantitative estimate of drug-likeness (QED) is 0.686. The second-order valence-electron chi connectivity index (χ2n) is 4.86. The lowest BCUT2D eigenvalue weighted by Gasteiger charge is -2.37. The van der Waals surface area contributed by atoms with Gasteiger partial charge in [-0.25, -0.2) is 0 Å². The van der Waals surface area contributed by atoms with Gasteiger partial charge in [0.25, 0.3) is 0 Å². The zero-order valence-corrected chi connectivity index (χ0v) is 10.2. The lowest BCUT2D eigenvalue weighted by molar-refractivity contribution is 0.151. The van der Waals surface area contributed by atoms with Gasteiger partial charge in [0.05, 0.1) is 0 Å². The van der Waals surface area contributed by atoms with Gasteiger partial charge < -0.3 is 5.32 Å².